The standard InChI is InChI=1S/C47H71ClN4O3/c1-12-31(15-14-24-48)41-51-50-37(52(41)26-25-49)28-47-23-17-33-32(40(47)39(30(3)4)34(53)27-47)16-22-46(11)44(33,9)20-18-35-43(7,8)36(19-21-45(35,46)10)55-38(54)29-42(5,6)13-2/h12-15,30,32-33,35-36H,2,16-29,49H2,1,3-11H3/b15-14-,31-12+. The topological polar surface area (TPSA) is 100 Å². The molecule has 5 aliphatic rings. The van der Waals surface area contributed by atoms with Crippen LogP contribution in [0.3, 0.4) is 0 Å². The van der Waals surface area contributed by atoms with Crippen molar-refractivity contribution in [2.75, 3.05) is 12.4 Å². The van der Waals surface area contributed by atoms with Gasteiger partial charge in [0.05, 0.1) is 6.42 Å². The van der Waals surface area contributed by atoms with E-state index in [2.05, 4.69) is 65.7 Å². The van der Waals surface area contributed by atoms with E-state index in [0.29, 0.717) is 61.8 Å². The Labute approximate surface area is 337 Å². The number of carbonyl (C=O) groups excluding carboxylic acids is 2. The van der Waals surface area contributed by atoms with Crippen molar-refractivity contribution in [1.29, 1.82) is 0 Å². The van der Waals surface area contributed by atoms with E-state index in [0.717, 1.165) is 67.7 Å². The highest BCUT2D eigenvalue weighted by Gasteiger charge is 2.71. The Morgan fingerprint density at radius 2 is 1.76 bits per heavy atom. The predicted octanol–water partition coefficient (Wildman–Crippen LogP) is 10.5. The van der Waals surface area contributed by atoms with E-state index in [1.807, 2.05) is 39.0 Å². The molecule has 1 aromatic rings. The number of nitrogens with two attached hydrogens (primary N) is 1. The lowest BCUT2D eigenvalue weighted by Crippen LogP contribution is -2.67. The molecule has 6 rings (SSSR count). The molecular formula is C47H71ClN4O3. The average Bonchev–Trinajstić information content (AvgIpc) is 3.64. The van der Waals surface area contributed by atoms with Gasteiger partial charge >= 0.3 is 5.97 Å². The quantitative estimate of drug-likeness (QED) is 0.0982. The number of Topliss-reactive ketones (excluding diaryl/α,β-unsaturated/α-hetero) is 1. The highest BCUT2D eigenvalue weighted by Crippen LogP contribution is 2.78. The number of hydrogen-bond donors (Lipinski definition) is 1. The smallest absolute Gasteiger partial charge is 0.306 e. The number of rotatable bonds is 12. The summed E-state index contributed by atoms with van der Waals surface area (Å²) in [4.78, 5) is 27.5. The molecule has 0 aliphatic heterocycles. The molecule has 5 aliphatic carbocycles. The third-order valence-corrected chi connectivity index (χ3v) is 16.9. The van der Waals surface area contributed by atoms with Gasteiger partial charge in [0, 0.05) is 48.2 Å². The maximum absolute atomic E-state index is 14.3. The fourth-order valence-electron chi connectivity index (χ4n) is 13.6. The van der Waals surface area contributed by atoms with Gasteiger partial charge in [-0.05, 0) is 109 Å². The van der Waals surface area contributed by atoms with E-state index in [9.17, 15) is 9.59 Å². The first kappa shape index (κ1) is 42.1. The fourth-order valence-corrected chi connectivity index (χ4v) is 13.7. The lowest BCUT2D eigenvalue weighted by Gasteiger charge is -2.73. The van der Waals surface area contributed by atoms with Gasteiger partial charge in [-0.3, -0.25) is 9.59 Å². The SMILES string of the molecule is C=CC(C)(C)CC(=O)OC1CCC2(C)C(CCC3(C)C4CCC5(Cc6nnc(C(/C=C\CCl)=C/C)n6CCN)CC(=O)C(C(C)C)=C5C4CCC32C)C1(C)C. The number of allylic oxidation sites excluding steroid dienone is 7. The van der Waals surface area contributed by atoms with Gasteiger partial charge in [-0.25, -0.2) is 0 Å². The van der Waals surface area contributed by atoms with Crippen LogP contribution in [0.4, 0.5) is 0 Å². The first-order valence-corrected chi connectivity index (χ1v) is 22.0. The van der Waals surface area contributed by atoms with Crippen LogP contribution in [0, 0.1) is 56.2 Å². The number of esters is 1. The molecule has 8 unspecified atom stereocenters. The van der Waals surface area contributed by atoms with Crippen LogP contribution >= 0.6 is 11.6 Å². The number of carbonyl (C=O) groups is 2. The Morgan fingerprint density at radius 1 is 1.05 bits per heavy atom. The van der Waals surface area contributed by atoms with E-state index in [1.54, 1.807) is 0 Å². The largest absolute Gasteiger partial charge is 0.462 e. The minimum atomic E-state index is -0.279. The van der Waals surface area contributed by atoms with Crippen molar-refractivity contribution in [3.05, 3.63) is 53.7 Å². The van der Waals surface area contributed by atoms with Crippen LogP contribution in [0.15, 0.2) is 42.0 Å². The average molecular weight is 776 g/mol. The van der Waals surface area contributed by atoms with Crippen LogP contribution in [-0.2, 0) is 27.3 Å². The van der Waals surface area contributed by atoms with Gasteiger partial charge in [0.15, 0.2) is 11.6 Å². The Morgan fingerprint density at radius 3 is 2.40 bits per heavy atom. The summed E-state index contributed by atoms with van der Waals surface area (Å²) in [7, 11) is 0. The first-order chi connectivity index (χ1) is 25.8. The van der Waals surface area contributed by atoms with Crippen LogP contribution in [0.1, 0.15) is 145 Å². The molecule has 0 radical (unpaired) electrons. The number of ether oxygens (including phenoxy) is 1. The predicted molar refractivity (Wildman–Crippen MR) is 224 cm³/mol. The molecule has 55 heavy (non-hydrogen) atoms. The fraction of sp³-hybridized carbons (Fsp3) is 0.745. The maximum Gasteiger partial charge on any atom is 0.306 e. The van der Waals surface area contributed by atoms with Crippen LogP contribution < -0.4 is 5.73 Å². The second-order valence-corrected chi connectivity index (χ2v) is 20.8. The molecule has 0 saturated heterocycles. The molecule has 8 heteroatoms. The normalized spacial score (nSPS) is 36.1. The Hall–Kier alpha value is -2.51. The van der Waals surface area contributed by atoms with Crippen LogP contribution in [-0.4, -0.2) is 45.0 Å². The van der Waals surface area contributed by atoms with Crippen molar-refractivity contribution in [2.24, 2.45) is 61.9 Å². The van der Waals surface area contributed by atoms with Crippen molar-refractivity contribution in [1.82, 2.24) is 14.8 Å². The number of ketones is 1. The van der Waals surface area contributed by atoms with Crippen LogP contribution in [0.25, 0.3) is 5.57 Å². The summed E-state index contributed by atoms with van der Waals surface area (Å²) < 4.78 is 8.57. The highest BCUT2D eigenvalue weighted by molar-refractivity contribution is 6.19. The monoisotopic (exact) mass is 775 g/mol. The molecule has 2 N–H and O–H groups in total. The van der Waals surface area contributed by atoms with E-state index in [4.69, 9.17) is 32.3 Å². The lowest BCUT2D eigenvalue weighted by molar-refractivity contribution is -0.255. The first-order valence-electron chi connectivity index (χ1n) is 21.4. The van der Waals surface area contributed by atoms with Crippen molar-refractivity contribution in [3.8, 4) is 0 Å². The Balaban J connectivity index is 1.33. The summed E-state index contributed by atoms with van der Waals surface area (Å²) in [6.07, 6.45) is 18.1. The van der Waals surface area contributed by atoms with Gasteiger partial charge in [-0.15, -0.1) is 28.4 Å². The number of halogens is 1. The number of alkyl halides is 1. The summed E-state index contributed by atoms with van der Waals surface area (Å²) in [6, 6.07) is 0. The molecule has 4 saturated carbocycles. The van der Waals surface area contributed by atoms with Gasteiger partial charge in [0.25, 0.3) is 0 Å². The number of nitrogens with zero attached hydrogens (tertiary/aromatic N) is 3. The van der Waals surface area contributed by atoms with E-state index in [-0.39, 0.29) is 50.5 Å². The Kier molecular flexibility index (Phi) is 11.5. The van der Waals surface area contributed by atoms with E-state index in [1.165, 1.54) is 12.0 Å². The zero-order chi connectivity index (χ0) is 40.4. The molecule has 0 bridgehead atoms. The van der Waals surface area contributed by atoms with Crippen molar-refractivity contribution < 1.29 is 14.3 Å². The van der Waals surface area contributed by atoms with Gasteiger partial charge in [-0.2, -0.15) is 0 Å². The number of aromatic nitrogens is 3. The maximum atomic E-state index is 14.3. The minimum Gasteiger partial charge on any atom is -0.462 e. The van der Waals surface area contributed by atoms with Crippen molar-refractivity contribution in [3.63, 3.8) is 0 Å². The minimum absolute atomic E-state index is 0.0800. The third kappa shape index (κ3) is 6.67. The molecular weight excluding hydrogens is 704 g/mol. The van der Waals surface area contributed by atoms with Gasteiger partial charge in [-0.1, -0.05) is 92.2 Å². The van der Waals surface area contributed by atoms with Gasteiger partial charge in [0.2, 0.25) is 0 Å². The molecule has 304 valence electrons. The summed E-state index contributed by atoms with van der Waals surface area (Å²) >= 11 is 6.02. The second kappa shape index (κ2) is 15.0. The second-order valence-electron chi connectivity index (χ2n) is 20.5. The molecule has 1 heterocycles. The third-order valence-electron chi connectivity index (χ3n) is 16.8. The van der Waals surface area contributed by atoms with Crippen LogP contribution in [0.5, 0.6) is 0 Å². The van der Waals surface area contributed by atoms with Crippen molar-refractivity contribution >= 4 is 28.9 Å². The van der Waals surface area contributed by atoms with E-state index < -0.39 is 0 Å². The van der Waals surface area contributed by atoms with Gasteiger partial charge in [0.1, 0.15) is 11.9 Å². The highest BCUT2D eigenvalue weighted by atomic mass is 35.5. The summed E-state index contributed by atoms with van der Waals surface area (Å²) in [6.45, 7) is 28.2. The number of hydrogen-bond acceptors (Lipinski definition) is 6. The lowest BCUT2D eigenvalue weighted by atomic mass is 9.31. The zero-order valence-electron chi connectivity index (χ0n) is 35.8. The zero-order valence-corrected chi connectivity index (χ0v) is 36.6. The molecule has 4 fully saturated rings. The van der Waals surface area contributed by atoms with Crippen LogP contribution in [0.2, 0.25) is 0 Å². The summed E-state index contributed by atoms with van der Waals surface area (Å²) in [5, 5.41) is 9.57. The Bertz CT molecular complexity index is 1770. The molecule has 0 spiro atoms. The molecule has 1 aromatic heterocycles. The van der Waals surface area contributed by atoms with Gasteiger partial charge < -0.3 is 15.0 Å². The van der Waals surface area contributed by atoms with E-state index >= 15 is 0 Å². The summed E-state index contributed by atoms with van der Waals surface area (Å²) in [5.41, 5.74) is 9.47. The molecule has 7 nitrogen and oxygen atoms in total. The molecule has 8 atom stereocenters. The molecule has 0 aromatic carbocycles. The molecule has 0 amide bonds. The number of fused-ring (bicyclic) bond motifs is 7. The summed E-state index contributed by atoms with van der Waals surface area (Å²) in [5.74, 6) is 3.95. The van der Waals surface area contributed by atoms with Crippen molar-refractivity contribution in [2.45, 2.75) is 153 Å².